The molecule has 42 heavy (non-hydrogen) atoms. The summed E-state index contributed by atoms with van der Waals surface area (Å²) in [6.07, 6.45) is 5.13. The van der Waals surface area contributed by atoms with Crippen LogP contribution in [-0.2, 0) is 21.4 Å². The Balaban J connectivity index is 1.34. The first-order valence-electron chi connectivity index (χ1n) is 14.5. The topological polar surface area (TPSA) is 138 Å². The molecule has 1 saturated carbocycles. The molecular weight excluding hydrogens is 534 g/mol. The van der Waals surface area contributed by atoms with Crippen molar-refractivity contribution < 1.29 is 18.7 Å². The predicted molar refractivity (Wildman–Crippen MR) is 158 cm³/mol. The van der Waals surface area contributed by atoms with Gasteiger partial charge in [0.2, 0.25) is 5.91 Å². The van der Waals surface area contributed by atoms with E-state index in [1.807, 2.05) is 45.0 Å². The number of benzene rings is 1. The fraction of sp³-hybridized carbons (Fsp3) is 0.516. The van der Waals surface area contributed by atoms with Crippen LogP contribution in [0.2, 0.25) is 0 Å². The van der Waals surface area contributed by atoms with Crippen molar-refractivity contribution in [3.8, 4) is 6.07 Å². The molecular formula is C31H39N7O4. The fourth-order valence-electron chi connectivity index (χ4n) is 5.05. The first-order chi connectivity index (χ1) is 20.2. The third-order valence-corrected chi connectivity index (χ3v) is 7.68. The molecule has 11 heteroatoms. The molecule has 1 aromatic carbocycles. The zero-order valence-electron chi connectivity index (χ0n) is 24.8. The van der Waals surface area contributed by atoms with Crippen molar-refractivity contribution in [1.29, 1.82) is 5.26 Å². The van der Waals surface area contributed by atoms with Gasteiger partial charge in [0.05, 0.1) is 30.8 Å². The first-order valence-corrected chi connectivity index (χ1v) is 14.5. The summed E-state index contributed by atoms with van der Waals surface area (Å²) in [5.41, 5.74) is 4.64. The molecule has 0 saturated heterocycles. The second kappa shape index (κ2) is 12.5. The van der Waals surface area contributed by atoms with Gasteiger partial charge in [0, 0.05) is 32.2 Å². The molecule has 5 rings (SSSR count). The van der Waals surface area contributed by atoms with Gasteiger partial charge in [0.25, 0.3) is 5.91 Å². The Morgan fingerprint density at radius 2 is 2.07 bits per heavy atom. The third-order valence-electron chi connectivity index (χ3n) is 7.68. The SMILES string of the molecule is COCCN1CC=C(c2ccc3nc(CC(NC(=O)c4cc(C(C)(C)C)nn4C4CC4)C(=O)NCC#N)oc3c2)CC1. The number of nitriles is 1. The number of fused-ring (bicyclic) bond motifs is 1. The maximum Gasteiger partial charge on any atom is 0.270 e. The fourth-order valence-corrected chi connectivity index (χ4v) is 5.05. The van der Waals surface area contributed by atoms with E-state index in [1.54, 1.807) is 17.9 Å². The summed E-state index contributed by atoms with van der Waals surface area (Å²) < 4.78 is 13.1. The number of nitrogens with one attached hydrogen (secondary N) is 2. The molecule has 2 aromatic heterocycles. The lowest BCUT2D eigenvalue weighted by Crippen LogP contribution is -2.48. The minimum absolute atomic E-state index is 0.0356. The van der Waals surface area contributed by atoms with Gasteiger partial charge >= 0.3 is 0 Å². The first kappa shape index (κ1) is 29.5. The highest BCUT2D eigenvalue weighted by Crippen LogP contribution is 2.37. The molecule has 1 atom stereocenters. The minimum Gasteiger partial charge on any atom is -0.441 e. The van der Waals surface area contributed by atoms with Crippen molar-refractivity contribution in [3.63, 3.8) is 0 Å². The average Bonchev–Trinajstić information content (AvgIpc) is 3.57. The number of ether oxygens (including phenoxy) is 1. The molecule has 3 heterocycles. The monoisotopic (exact) mass is 573 g/mol. The van der Waals surface area contributed by atoms with Crippen molar-refractivity contribution in [1.82, 2.24) is 30.3 Å². The lowest BCUT2D eigenvalue weighted by atomic mass is 9.92. The Hall–Kier alpha value is -4.01. The van der Waals surface area contributed by atoms with Crippen LogP contribution >= 0.6 is 0 Å². The molecule has 0 radical (unpaired) electrons. The van der Waals surface area contributed by atoms with Gasteiger partial charge in [-0.15, -0.1) is 0 Å². The van der Waals surface area contributed by atoms with E-state index in [-0.39, 0.29) is 24.4 Å². The van der Waals surface area contributed by atoms with E-state index in [0.29, 0.717) is 29.3 Å². The number of carbonyl (C=O) groups excluding carboxylic acids is 2. The second-order valence-electron chi connectivity index (χ2n) is 12.0. The molecule has 1 unspecified atom stereocenters. The number of aromatic nitrogens is 3. The summed E-state index contributed by atoms with van der Waals surface area (Å²) in [4.78, 5) is 33.5. The maximum atomic E-state index is 13.5. The second-order valence-corrected chi connectivity index (χ2v) is 12.0. The van der Waals surface area contributed by atoms with E-state index >= 15 is 0 Å². The standard InChI is InChI=1S/C31H39N7O4/c1-31(2,3)27-19-25(38(36-27)22-6-7-22)30(40)35-24(29(39)33-12-11-32)18-28-34-23-8-5-21(17-26(23)42-28)20-9-13-37(14-10-20)15-16-41-4/h5,8-9,17,19,22,24H,6-7,10,12-16,18H2,1-4H3,(H,33,39)(H,35,40). The number of rotatable bonds is 11. The minimum atomic E-state index is -0.988. The zero-order chi connectivity index (χ0) is 29.9. The van der Waals surface area contributed by atoms with Gasteiger partial charge in [0.15, 0.2) is 11.5 Å². The van der Waals surface area contributed by atoms with Crippen LogP contribution in [0.5, 0.6) is 0 Å². The smallest absolute Gasteiger partial charge is 0.270 e. The number of hydrogen-bond donors (Lipinski definition) is 2. The summed E-state index contributed by atoms with van der Waals surface area (Å²) in [7, 11) is 1.72. The number of hydrogen-bond acceptors (Lipinski definition) is 8. The van der Waals surface area contributed by atoms with Crippen LogP contribution in [0.3, 0.4) is 0 Å². The highest BCUT2D eigenvalue weighted by molar-refractivity contribution is 5.96. The van der Waals surface area contributed by atoms with Crippen molar-refractivity contribution in [3.05, 3.63) is 53.2 Å². The van der Waals surface area contributed by atoms with Gasteiger partial charge in [-0.25, -0.2) is 4.98 Å². The summed E-state index contributed by atoms with van der Waals surface area (Å²) in [5.74, 6) is -0.551. The number of nitrogens with zero attached hydrogens (tertiary/aromatic N) is 5. The van der Waals surface area contributed by atoms with Crippen molar-refractivity contribution in [2.24, 2.45) is 0 Å². The summed E-state index contributed by atoms with van der Waals surface area (Å²) in [6.45, 7) is 9.43. The molecule has 2 amide bonds. The van der Waals surface area contributed by atoms with E-state index in [0.717, 1.165) is 50.2 Å². The molecule has 222 valence electrons. The Kier molecular flexibility index (Phi) is 8.75. The van der Waals surface area contributed by atoms with E-state index in [9.17, 15) is 9.59 Å². The van der Waals surface area contributed by atoms with Crippen molar-refractivity contribution >= 4 is 28.5 Å². The highest BCUT2D eigenvalue weighted by atomic mass is 16.5. The highest BCUT2D eigenvalue weighted by Gasteiger charge is 2.33. The molecule has 1 aliphatic heterocycles. The maximum absolute atomic E-state index is 13.5. The number of amides is 2. The van der Waals surface area contributed by atoms with Gasteiger partial charge in [-0.3, -0.25) is 19.2 Å². The number of carbonyl (C=O) groups is 2. The normalized spacial score (nSPS) is 16.6. The molecule has 2 N–H and O–H groups in total. The summed E-state index contributed by atoms with van der Waals surface area (Å²) in [5, 5.41) is 19.1. The molecule has 0 spiro atoms. The summed E-state index contributed by atoms with van der Waals surface area (Å²) in [6, 6.07) is 8.85. The van der Waals surface area contributed by atoms with Crippen molar-refractivity contribution in [2.45, 2.75) is 64.0 Å². The van der Waals surface area contributed by atoms with Gasteiger partial charge in [0.1, 0.15) is 23.8 Å². The molecule has 11 nitrogen and oxygen atoms in total. The van der Waals surface area contributed by atoms with Crippen LogP contribution in [0.1, 0.15) is 73.7 Å². The van der Waals surface area contributed by atoms with Crippen molar-refractivity contribution in [2.75, 3.05) is 39.9 Å². The van der Waals surface area contributed by atoms with Crippen LogP contribution in [0, 0.1) is 11.3 Å². The van der Waals surface area contributed by atoms with Gasteiger partial charge in [-0.2, -0.15) is 10.4 Å². The number of methoxy groups -OCH3 is 1. The van der Waals surface area contributed by atoms with Crippen LogP contribution < -0.4 is 10.6 Å². The van der Waals surface area contributed by atoms with E-state index in [2.05, 4.69) is 26.6 Å². The largest absolute Gasteiger partial charge is 0.441 e. The van der Waals surface area contributed by atoms with Crippen LogP contribution in [0.4, 0.5) is 0 Å². The van der Waals surface area contributed by atoms with Gasteiger partial charge < -0.3 is 19.8 Å². The third kappa shape index (κ3) is 6.89. The zero-order valence-corrected chi connectivity index (χ0v) is 24.8. The van der Waals surface area contributed by atoms with E-state index in [1.165, 1.54) is 5.57 Å². The van der Waals surface area contributed by atoms with Gasteiger partial charge in [-0.1, -0.05) is 32.9 Å². The Labute approximate surface area is 245 Å². The number of oxazole rings is 1. The lowest BCUT2D eigenvalue weighted by molar-refractivity contribution is -0.122. The Morgan fingerprint density at radius 3 is 2.74 bits per heavy atom. The van der Waals surface area contributed by atoms with Crippen LogP contribution in [-0.4, -0.2) is 77.4 Å². The average molecular weight is 574 g/mol. The molecule has 1 aliphatic carbocycles. The van der Waals surface area contributed by atoms with Crippen LogP contribution in [0.25, 0.3) is 16.7 Å². The van der Waals surface area contributed by atoms with E-state index < -0.39 is 17.9 Å². The van der Waals surface area contributed by atoms with Gasteiger partial charge in [-0.05, 0) is 48.6 Å². The Bertz CT molecular complexity index is 1520. The van der Waals surface area contributed by atoms with Crippen LogP contribution in [0.15, 0.2) is 34.8 Å². The molecule has 2 aliphatic rings. The predicted octanol–water partition coefficient (Wildman–Crippen LogP) is 3.37. The summed E-state index contributed by atoms with van der Waals surface area (Å²) >= 11 is 0. The quantitative estimate of drug-likeness (QED) is 0.333. The lowest BCUT2D eigenvalue weighted by Gasteiger charge is -2.26. The molecule has 0 bridgehead atoms. The molecule has 3 aromatic rings. The molecule has 1 fully saturated rings. The Morgan fingerprint density at radius 1 is 1.26 bits per heavy atom. The van der Waals surface area contributed by atoms with E-state index in [4.69, 9.17) is 19.5 Å².